The zero-order valence-electron chi connectivity index (χ0n) is 6.81. The fourth-order valence-electron chi connectivity index (χ4n) is 3.81. The predicted octanol–water partition coefficient (Wildman–Crippen LogP) is 2.16. The maximum absolute atomic E-state index is 11.4. The molecule has 0 unspecified atom stereocenters. The van der Waals surface area contributed by atoms with Gasteiger partial charge in [0.2, 0.25) is 0 Å². The number of carbonyl (C=O) groups is 1. The molecule has 0 radical (unpaired) electrons. The van der Waals surface area contributed by atoms with Crippen LogP contribution in [0.2, 0.25) is 0 Å². The van der Waals surface area contributed by atoms with Crippen molar-refractivity contribution in [2.45, 2.75) is 38.5 Å². The molecule has 11 heavy (non-hydrogen) atoms. The van der Waals surface area contributed by atoms with E-state index in [4.69, 9.17) is 0 Å². The van der Waals surface area contributed by atoms with E-state index in [0.717, 1.165) is 12.3 Å². The normalized spacial score (nSPS) is 53.6. The van der Waals surface area contributed by atoms with Gasteiger partial charge in [-0.3, -0.25) is 4.79 Å². The molecule has 0 aromatic heterocycles. The number of fused-ring (bicyclic) bond motifs is 1. The first kappa shape index (κ1) is 6.22. The molecule has 3 atom stereocenters. The fourth-order valence-corrected chi connectivity index (χ4v) is 3.81. The summed E-state index contributed by atoms with van der Waals surface area (Å²) in [4.78, 5) is 11.4. The Kier molecular flexibility index (Phi) is 0.961. The number of ketones is 1. The Hall–Kier alpha value is -0.330. The second-order valence-corrected chi connectivity index (χ2v) is 4.73. The van der Waals surface area contributed by atoms with Gasteiger partial charge in [-0.15, -0.1) is 0 Å². The molecular formula is C10H14O. The summed E-state index contributed by atoms with van der Waals surface area (Å²) >= 11 is 0. The maximum Gasteiger partial charge on any atom is 0.136 e. The Balaban J connectivity index is 2.01. The van der Waals surface area contributed by atoms with Gasteiger partial charge in [-0.2, -0.15) is 0 Å². The number of rotatable bonds is 0. The van der Waals surface area contributed by atoms with Gasteiger partial charge < -0.3 is 0 Å². The molecule has 3 rings (SSSR count). The van der Waals surface area contributed by atoms with Crippen molar-refractivity contribution in [1.82, 2.24) is 0 Å². The third-order valence-corrected chi connectivity index (χ3v) is 4.30. The summed E-state index contributed by atoms with van der Waals surface area (Å²) in [5, 5.41) is 0. The lowest BCUT2D eigenvalue weighted by atomic mass is 9.77. The Bertz CT molecular complexity index is 221. The Morgan fingerprint density at radius 1 is 1.45 bits per heavy atom. The molecule has 3 fully saturated rings. The highest BCUT2D eigenvalue weighted by Gasteiger charge is 2.57. The summed E-state index contributed by atoms with van der Waals surface area (Å²) in [5.74, 6) is 2.04. The van der Waals surface area contributed by atoms with E-state index in [0.29, 0.717) is 17.1 Å². The molecule has 2 bridgehead atoms. The smallest absolute Gasteiger partial charge is 0.136 e. The van der Waals surface area contributed by atoms with Gasteiger partial charge in [-0.1, -0.05) is 6.42 Å². The fraction of sp³-hybridized carbons (Fsp3) is 0.900. The Morgan fingerprint density at radius 3 is 3.18 bits per heavy atom. The van der Waals surface area contributed by atoms with E-state index < -0.39 is 0 Å². The Morgan fingerprint density at radius 2 is 2.36 bits per heavy atom. The van der Waals surface area contributed by atoms with Crippen LogP contribution in [0.25, 0.3) is 0 Å². The molecule has 0 saturated heterocycles. The molecular weight excluding hydrogens is 136 g/mol. The van der Waals surface area contributed by atoms with Crippen LogP contribution >= 0.6 is 0 Å². The topological polar surface area (TPSA) is 17.1 Å². The van der Waals surface area contributed by atoms with Crippen molar-refractivity contribution in [3.8, 4) is 0 Å². The van der Waals surface area contributed by atoms with E-state index in [1.807, 2.05) is 0 Å². The van der Waals surface area contributed by atoms with Crippen molar-refractivity contribution in [3.05, 3.63) is 0 Å². The van der Waals surface area contributed by atoms with Gasteiger partial charge in [0.1, 0.15) is 5.78 Å². The Labute approximate surface area is 67.2 Å². The third kappa shape index (κ3) is 0.605. The van der Waals surface area contributed by atoms with E-state index in [1.54, 1.807) is 0 Å². The molecule has 60 valence electrons. The minimum absolute atomic E-state index is 0.500. The molecule has 3 aliphatic carbocycles. The standard InChI is InChI=1S/C10H14O/c11-9-6-10-3-1-2-8(10)4-7(9)5-10/h7-8H,1-6H2/t7-,8-,10+/m1/s1. The van der Waals surface area contributed by atoms with Crippen LogP contribution in [-0.4, -0.2) is 5.78 Å². The highest BCUT2D eigenvalue weighted by Crippen LogP contribution is 2.63. The average Bonchev–Trinajstić information content (AvgIpc) is 2.49. The molecule has 1 nitrogen and oxygen atoms in total. The first-order valence-corrected chi connectivity index (χ1v) is 4.83. The second kappa shape index (κ2) is 1.70. The van der Waals surface area contributed by atoms with Crippen molar-refractivity contribution in [1.29, 1.82) is 0 Å². The summed E-state index contributed by atoms with van der Waals surface area (Å²) in [6.45, 7) is 0. The van der Waals surface area contributed by atoms with Gasteiger partial charge in [-0.05, 0) is 37.0 Å². The molecule has 3 aliphatic rings. The highest BCUT2D eigenvalue weighted by molar-refractivity contribution is 5.85. The molecule has 1 spiro atoms. The van der Waals surface area contributed by atoms with Crippen LogP contribution in [0, 0.1) is 17.3 Å². The van der Waals surface area contributed by atoms with Gasteiger partial charge in [0.15, 0.2) is 0 Å². The molecule has 0 heterocycles. The molecule has 0 aliphatic heterocycles. The minimum Gasteiger partial charge on any atom is -0.299 e. The SMILES string of the molecule is O=C1C[C@@]23CCC[C@@H]2C[C@@H]1C3. The lowest BCUT2D eigenvalue weighted by molar-refractivity contribution is -0.123. The van der Waals surface area contributed by atoms with Gasteiger partial charge >= 0.3 is 0 Å². The van der Waals surface area contributed by atoms with Crippen molar-refractivity contribution in [2.75, 3.05) is 0 Å². The van der Waals surface area contributed by atoms with Crippen molar-refractivity contribution < 1.29 is 4.79 Å². The van der Waals surface area contributed by atoms with Gasteiger partial charge in [0, 0.05) is 12.3 Å². The van der Waals surface area contributed by atoms with E-state index in [2.05, 4.69) is 0 Å². The maximum atomic E-state index is 11.4. The quantitative estimate of drug-likeness (QED) is 0.517. The van der Waals surface area contributed by atoms with Crippen LogP contribution in [-0.2, 0) is 4.79 Å². The monoisotopic (exact) mass is 150 g/mol. The second-order valence-electron chi connectivity index (χ2n) is 4.73. The van der Waals surface area contributed by atoms with Crippen LogP contribution < -0.4 is 0 Å². The molecule has 0 N–H and O–H groups in total. The number of carbonyl (C=O) groups excluding carboxylic acids is 1. The van der Waals surface area contributed by atoms with E-state index in [1.165, 1.54) is 32.1 Å². The molecule has 3 saturated carbocycles. The van der Waals surface area contributed by atoms with Crippen LogP contribution in [0.5, 0.6) is 0 Å². The molecule has 0 aromatic rings. The van der Waals surface area contributed by atoms with Crippen LogP contribution in [0.3, 0.4) is 0 Å². The van der Waals surface area contributed by atoms with E-state index in [-0.39, 0.29) is 0 Å². The van der Waals surface area contributed by atoms with Crippen LogP contribution in [0.4, 0.5) is 0 Å². The molecule has 1 heteroatoms. The lowest BCUT2D eigenvalue weighted by Gasteiger charge is -2.26. The zero-order valence-corrected chi connectivity index (χ0v) is 6.81. The summed E-state index contributed by atoms with van der Waals surface area (Å²) in [7, 11) is 0. The van der Waals surface area contributed by atoms with Gasteiger partial charge in [-0.25, -0.2) is 0 Å². The summed E-state index contributed by atoms with van der Waals surface area (Å²) in [6, 6.07) is 0. The number of hydrogen-bond acceptors (Lipinski definition) is 1. The predicted molar refractivity (Wildman–Crippen MR) is 42.1 cm³/mol. The molecule has 0 amide bonds. The minimum atomic E-state index is 0.500. The number of hydrogen-bond donors (Lipinski definition) is 0. The summed E-state index contributed by atoms with van der Waals surface area (Å²) in [6.07, 6.45) is 7.63. The highest BCUT2D eigenvalue weighted by atomic mass is 16.1. The largest absolute Gasteiger partial charge is 0.299 e. The van der Waals surface area contributed by atoms with Crippen molar-refractivity contribution in [2.24, 2.45) is 17.3 Å². The van der Waals surface area contributed by atoms with E-state index >= 15 is 0 Å². The summed E-state index contributed by atoms with van der Waals surface area (Å²) in [5.41, 5.74) is 0.543. The van der Waals surface area contributed by atoms with Crippen molar-refractivity contribution >= 4 is 5.78 Å². The first-order valence-electron chi connectivity index (χ1n) is 4.83. The van der Waals surface area contributed by atoms with Gasteiger partial charge in [0.25, 0.3) is 0 Å². The van der Waals surface area contributed by atoms with E-state index in [9.17, 15) is 4.79 Å². The lowest BCUT2D eigenvalue weighted by Crippen LogP contribution is -2.22. The zero-order chi connectivity index (χ0) is 7.47. The van der Waals surface area contributed by atoms with Gasteiger partial charge in [0.05, 0.1) is 0 Å². The van der Waals surface area contributed by atoms with Crippen LogP contribution in [0.1, 0.15) is 38.5 Å². The third-order valence-electron chi connectivity index (χ3n) is 4.30. The molecule has 0 aromatic carbocycles. The average molecular weight is 150 g/mol. The first-order chi connectivity index (χ1) is 5.30. The summed E-state index contributed by atoms with van der Waals surface area (Å²) < 4.78 is 0. The van der Waals surface area contributed by atoms with Crippen molar-refractivity contribution in [3.63, 3.8) is 0 Å². The number of Topliss-reactive ketones (excluding diaryl/α,β-unsaturated/α-hetero) is 1. The van der Waals surface area contributed by atoms with Crippen LogP contribution in [0.15, 0.2) is 0 Å².